The molecule has 28 heavy (non-hydrogen) atoms. The number of fused-ring (bicyclic) bond motifs is 1. The van der Waals surface area contributed by atoms with Gasteiger partial charge in [-0.1, -0.05) is 6.92 Å². The van der Waals surface area contributed by atoms with Crippen molar-refractivity contribution in [1.82, 2.24) is 0 Å². The van der Waals surface area contributed by atoms with Gasteiger partial charge >= 0.3 is 6.09 Å². The Labute approximate surface area is 168 Å². The van der Waals surface area contributed by atoms with Crippen LogP contribution in [0.1, 0.15) is 33.3 Å². The number of halogens is 2. The second-order valence-corrected chi connectivity index (χ2v) is 9.38. The molecule has 1 N–H and O–H groups in total. The van der Waals surface area contributed by atoms with Crippen molar-refractivity contribution in [3.63, 3.8) is 0 Å². The molecule has 0 aromatic heterocycles. The third-order valence-corrected chi connectivity index (χ3v) is 5.20. The van der Waals surface area contributed by atoms with Crippen molar-refractivity contribution in [2.24, 2.45) is 0 Å². The highest BCUT2D eigenvalue weighted by molar-refractivity contribution is 8.00. The summed E-state index contributed by atoms with van der Waals surface area (Å²) in [5, 5.41) is 3.07. The van der Waals surface area contributed by atoms with Crippen LogP contribution in [0.15, 0.2) is 41.3 Å². The fraction of sp³-hybridized carbons (Fsp3) is 0.381. The van der Waals surface area contributed by atoms with E-state index in [1.807, 2.05) is 18.2 Å². The van der Waals surface area contributed by atoms with Gasteiger partial charge in [-0.25, -0.2) is 13.6 Å². The Morgan fingerprint density at radius 1 is 1.21 bits per heavy atom. The van der Waals surface area contributed by atoms with Gasteiger partial charge in [0, 0.05) is 35.0 Å². The number of ether oxygens (including phenoxy) is 1. The summed E-state index contributed by atoms with van der Waals surface area (Å²) in [6, 6.07) is 9.20. The van der Waals surface area contributed by atoms with Crippen LogP contribution >= 0.6 is 11.8 Å². The smallest absolute Gasteiger partial charge is 0.412 e. The first kappa shape index (κ1) is 20.5. The average Bonchev–Trinajstić information content (AvgIpc) is 2.52. The van der Waals surface area contributed by atoms with Crippen LogP contribution in [-0.4, -0.2) is 23.5 Å². The SMILES string of the molecule is CC1CN(Cc2cc(F)cc(F)c2)c2cc(NC(=O)OC(C)(C)C)ccc2S1. The normalized spacial score (nSPS) is 16.5. The second-order valence-electron chi connectivity index (χ2n) is 7.90. The molecule has 0 spiro atoms. The maximum atomic E-state index is 13.6. The zero-order valence-electron chi connectivity index (χ0n) is 16.4. The van der Waals surface area contributed by atoms with Crippen molar-refractivity contribution >= 4 is 29.2 Å². The van der Waals surface area contributed by atoms with Crippen LogP contribution in [0.5, 0.6) is 0 Å². The fourth-order valence-electron chi connectivity index (χ4n) is 3.10. The van der Waals surface area contributed by atoms with Gasteiger partial charge in [0.05, 0.1) is 5.69 Å². The van der Waals surface area contributed by atoms with Crippen LogP contribution in [0.2, 0.25) is 0 Å². The molecule has 2 aromatic carbocycles. The maximum absolute atomic E-state index is 13.6. The summed E-state index contributed by atoms with van der Waals surface area (Å²) in [6.07, 6.45) is -0.525. The first-order chi connectivity index (χ1) is 13.1. The van der Waals surface area contributed by atoms with Crippen LogP contribution in [0, 0.1) is 11.6 Å². The molecule has 1 atom stereocenters. The molecule has 1 aliphatic heterocycles. The molecule has 0 bridgehead atoms. The molecule has 0 saturated carbocycles. The molecule has 4 nitrogen and oxygen atoms in total. The van der Waals surface area contributed by atoms with Crippen molar-refractivity contribution in [1.29, 1.82) is 0 Å². The Morgan fingerprint density at radius 2 is 1.89 bits per heavy atom. The molecular formula is C21H24F2N2O2S. The minimum atomic E-state index is -0.588. The molecule has 7 heteroatoms. The van der Waals surface area contributed by atoms with Gasteiger partial charge in [-0.15, -0.1) is 11.8 Å². The minimum absolute atomic E-state index is 0.329. The lowest BCUT2D eigenvalue weighted by Gasteiger charge is -2.35. The molecule has 150 valence electrons. The highest BCUT2D eigenvalue weighted by Crippen LogP contribution is 2.40. The van der Waals surface area contributed by atoms with E-state index >= 15 is 0 Å². The van der Waals surface area contributed by atoms with Crippen molar-refractivity contribution in [3.8, 4) is 0 Å². The van der Waals surface area contributed by atoms with Crippen LogP contribution < -0.4 is 10.2 Å². The van der Waals surface area contributed by atoms with Crippen molar-refractivity contribution in [2.75, 3.05) is 16.8 Å². The third kappa shape index (κ3) is 5.38. The number of hydrogen-bond donors (Lipinski definition) is 1. The van der Waals surface area contributed by atoms with Crippen molar-refractivity contribution in [3.05, 3.63) is 53.6 Å². The first-order valence-corrected chi connectivity index (χ1v) is 9.98. The number of anilines is 2. The molecule has 1 aliphatic rings. The molecule has 0 fully saturated rings. The predicted octanol–water partition coefficient (Wildman–Crippen LogP) is 5.81. The average molecular weight is 406 g/mol. The van der Waals surface area contributed by atoms with E-state index in [-0.39, 0.29) is 0 Å². The van der Waals surface area contributed by atoms with Gasteiger partial charge in [0.1, 0.15) is 17.2 Å². The Hall–Kier alpha value is -2.28. The number of thioether (sulfide) groups is 1. The summed E-state index contributed by atoms with van der Waals surface area (Å²) in [5.41, 5.74) is 1.50. The monoisotopic (exact) mass is 406 g/mol. The van der Waals surface area contributed by atoms with Crippen LogP contribution in [-0.2, 0) is 11.3 Å². The molecule has 2 aromatic rings. The minimum Gasteiger partial charge on any atom is -0.444 e. The molecular weight excluding hydrogens is 382 g/mol. The van der Waals surface area contributed by atoms with E-state index in [0.717, 1.165) is 23.2 Å². The summed E-state index contributed by atoms with van der Waals surface area (Å²) in [6.45, 7) is 8.62. The number of hydrogen-bond acceptors (Lipinski definition) is 4. The number of amides is 1. The van der Waals surface area contributed by atoms with Crippen molar-refractivity contribution in [2.45, 2.75) is 50.0 Å². The van der Waals surface area contributed by atoms with E-state index in [9.17, 15) is 13.6 Å². The van der Waals surface area contributed by atoms with Gasteiger partial charge in [0.25, 0.3) is 0 Å². The third-order valence-electron chi connectivity index (χ3n) is 4.05. The molecule has 0 aliphatic carbocycles. The lowest BCUT2D eigenvalue weighted by molar-refractivity contribution is 0.0636. The zero-order chi connectivity index (χ0) is 20.5. The van der Waals surface area contributed by atoms with Crippen LogP contribution in [0.25, 0.3) is 0 Å². The molecule has 1 heterocycles. The molecule has 3 rings (SSSR count). The van der Waals surface area contributed by atoms with Gasteiger partial charge in [-0.3, -0.25) is 5.32 Å². The molecule has 1 amide bonds. The van der Waals surface area contributed by atoms with Gasteiger partial charge in [0.15, 0.2) is 0 Å². The number of carbonyl (C=O) groups is 1. The summed E-state index contributed by atoms with van der Waals surface area (Å²) in [7, 11) is 0. The summed E-state index contributed by atoms with van der Waals surface area (Å²) < 4.78 is 32.4. The Morgan fingerprint density at radius 3 is 2.54 bits per heavy atom. The predicted molar refractivity (Wildman–Crippen MR) is 109 cm³/mol. The van der Waals surface area contributed by atoms with Gasteiger partial charge < -0.3 is 9.64 Å². The Bertz CT molecular complexity index is 863. The number of nitrogens with zero attached hydrogens (tertiary/aromatic N) is 1. The molecule has 1 unspecified atom stereocenters. The van der Waals surface area contributed by atoms with Gasteiger partial charge in [-0.2, -0.15) is 0 Å². The van der Waals surface area contributed by atoms with Crippen LogP contribution in [0.3, 0.4) is 0 Å². The fourth-order valence-corrected chi connectivity index (χ4v) is 4.24. The zero-order valence-corrected chi connectivity index (χ0v) is 17.2. The quantitative estimate of drug-likeness (QED) is 0.698. The molecule has 0 radical (unpaired) electrons. The van der Waals surface area contributed by atoms with E-state index in [1.165, 1.54) is 12.1 Å². The highest BCUT2D eigenvalue weighted by Gasteiger charge is 2.24. The summed E-state index contributed by atoms with van der Waals surface area (Å²) >= 11 is 1.74. The number of nitrogens with one attached hydrogen (secondary N) is 1. The number of benzene rings is 2. The van der Waals surface area contributed by atoms with Crippen molar-refractivity contribution < 1.29 is 18.3 Å². The highest BCUT2D eigenvalue weighted by atomic mass is 32.2. The second kappa shape index (κ2) is 7.99. The van der Waals surface area contributed by atoms with Gasteiger partial charge in [0.2, 0.25) is 0 Å². The molecule has 0 saturated heterocycles. The van der Waals surface area contributed by atoms with E-state index in [2.05, 4.69) is 17.1 Å². The summed E-state index contributed by atoms with van der Waals surface area (Å²) in [5.74, 6) is -1.18. The number of carbonyl (C=O) groups excluding carboxylic acids is 1. The Balaban J connectivity index is 1.84. The lowest BCUT2D eigenvalue weighted by Crippen LogP contribution is -2.33. The van der Waals surface area contributed by atoms with E-state index in [1.54, 1.807) is 32.5 Å². The van der Waals surface area contributed by atoms with Gasteiger partial charge in [-0.05, 0) is 56.7 Å². The standard InChI is InChI=1S/C21H24F2N2O2S/c1-13-11-25(12-14-7-15(22)9-16(23)8-14)18-10-17(5-6-19(18)28-13)24-20(26)27-21(2,3)4/h5-10,13H,11-12H2,1-4H3,(H,24,26). The lowest BCUT2D eigenvalue weighted by atomic mass is 10.1. The first-order valence-electron chi connectivity index (χ1n) is 9.10. The van der Waals surface area contributed by atoms with E-state index in [0.29, 0.717) is 23.0 Å². The van der Waals surface area contributed by atoms with Crippen LogP contribution in [0.4, 0.5) is 25.0 Å². The number of rotatable bonds is 3. The Kier molecular flexibility index (Phi) is 5.84. The largest absolute Gasteiger partial charge is 0.444 e. The topological polar surface area (TPSA) is 41.6 Å². The maximum Gasteiger partial charge on any atom is 0.412 e. The van der Waals surface area contributed by atoms with E-state index < -0.39 is 23.3 Å². The summed E-state index contributed by atoms with van der Waals surface area (Å²) in [4.78, 5) is 15.2. The van der Waals surface area contributed by atoms with E-state index in [4.69, 9.17) is 4.74 Å².